The highest BCUT2D eigenvalue weighted by atomic mass is 32.2. The van der Waals surface area contributed by atoms with E-state index in [2.05, 4.69) is 9.97 Å². The molecule has 0 fully saturated rings. The van der Waals surface area contributed by atoms with E-state index >= 15 is 0 Å². The molecule has 0 saturated carbocycles. The molecule has 152 valence electrons. The lowest BCUT2D eigenvalue weighted by molar-refractivity contribution is 0.110. The van der Waals surface area contributed by atoms with Gasteiger partial charge in [-0.1, -0.05) is 54.2 Å². The number of hydrogen-bond donors (Lipinski definition) is 1. The van der Waals surface area contributed by atoms with Gasteiger partial charge in [-0.25, -0.2) is 4.98 Å². The Kier molecular flexibility index (Phi) is 8.15. The molecule has 1 N–H and O–H groups in total. The molecule has 0 aliphatic carbocycles. The molecule has 0 saturated heterocycles. The second kappa shape index (κ2) is 11.3. The Morgan fingerprint density at radius 2 is 1.66 bits per heavy atom. The van der Waals surface area contributed by atoms with Crippen LogP contribution in [0.4, 0.5) is 0 Å². The molecule has 1 heterocycles. The summed E-state index contributed by atoms with van der Waals surface area (Å²) < 4.78 is 17.3. The van der Waals surface area contributed by atoms with Crippen LogP contribution >= 0.6 is 11.8 Å². The number of nitrogens with zero attached hydrogens (tertiary/aromatic N) is 1. The minimum absolute atomic E-state index is 0.137. The van der Waals surface area contributed by atoms with E-state index in [-0.39, 0.29) is 5.56 Å². The van der Waals surface area contributed by atoms with E-state index in [0.29, 0.717) is 54.5 Å². The number of ether oxygens (including phenoxy) is 3. The first kappa shape index (κ1) is 21.0. The molecule has 3 aromatic rings. The van der Waals surface area contributed by atoms with Gasteiger partial charge >= 0.3 is 0 Å². The van der Waals surface area contributed by atoms with Gasteiger partial charge in [0.2, 0.25) is 0 Å². The molecule has 1 aromatic heterocycles. The van der Waals surface area contributed by atoms with Crippen LogP contribution in [0.5, 0.6) is 11.5 Å². The Labute approximate surface area is 174 Å². The Morgan fingerprint density at radius 1 is 0.931 bits per heavy atom. The number of aromatic nitrogens is 2. The molecule has 0 aliphatic heterocycles. The first-order valence-corrected chi connectivity index (χ1v) is 10.4. The summed E-state index contributed by atoms with van der Waals surface area (Å²) in [4.78, 5) is 18.4. The van der Waals surface area contributed by atoms with Crippen LogP contribution in [0.25, 0.3) is 0 Å². The lowest BCUT2D eigenvalue weighted by atomic mass is 10.2. The Balaban J connectivity index is 1.35. The van der Waals surface area contributed by atoms with Gasteiger partial charge in [-0.2, -0.15) is 0 Å². The number of H-pyrrole nitrogens is 1. The van der Waals surface area contributed by atoms with E-state index in [0.717, 1.165) is 5.56 Å². The Hall–Kier alpha value is -2.77. The zero-order valence-electron chi connectivity index (χ0n) is 16.3. The molecule has 3 rings (SSSR count). The largest absolute Gasteiger partial charge is 0.487 e. The average Bonchev–Trinajstić information content (AvgIpc) is 2.72. The lowest BCUT2D eigenvalue weighted by Gasteiger charge is -2.13. The van der Waals surface area contributed by atoms with Crippen molar-refractivity contribution in [3.05, 3.63) is 82.3 Å². The van der Waals surface area contributed by atoms with Gasteiger partial charge in [-0.05, 0) is 24.6 Å². The van der Waals surface area contributed by atoms with Gasteiger partial charge in [0.25, 0.3) is 5.56 Å². The van der Waals surface area contributed by atoms with Crippen molar-refractivity contribution in [3.63, 3.8) is 0 Å². The van der Waals surface area contributed by atoms with Crippen molar-refractivity contribution < 1.29 is 14.2 Å². The average molecular weight is 413 g/mol. The second-order valence-corrected chi connectivity index (χ2v) is 7.31. The van der Waals surface area contributed by atoms with Crippen LogP contribution in [0.1, 0.15) is 11.3 Å². The topological polar surface area (TPSA) is 73.4 Å². The Bertz CT molecular complexity index is 947. The maximum absolute atomic E-state index is 11.4. The van der Waals surface area contributed by atoms with Gasteiger partial charge in [-0.3, -0.25) is 4.79 Å². The standard InChI is InChI=1S/C22H24N2O4S/c1-17-15-21(25)24-22(23-17)29-14-13-26-11-12-27-19-9-5-6-10-20(19)28-16-18-7-3-2-4-8-18/h2-10,15H,11-14,16H2,1H3,(H,23,24,25). The summed E-state index contributed by atoms with van der Waals surface area (Å²) in [5.41, 5.74) is 1.67. The smallest absolute Gasteiger partial charge is 0.251 e. The number of aromatic amines is 1. The van der Waals surface area contributed by atoms with Crippen LogP contribution in [0.3, 0.4) is 0 Å². The van der Waals surface area contributed by atoms with Crippen LogP contribution in [0.15, 0.2) is 70.6 Å². The van der Waals surface area contributed by atoms with Crippen LogP contribution < -0.4 is 15.0 Å². The molecule has 0 unspecified atom stereocenters. The number of aryl methyl sites for hydroxylation is 1. The van der Waals surface area contributed by atoms with Gasteiger partial charge in [-0.15, -0.1) is 0 Å². The molecule has 0 amide bonds. The van der Waals surface area contributed by atoms with Crippen LogP contribution in [0.2, 0.25) is 0 Å². The van der Waals surface area contributed by atoms with E-state index in [1.165, 1.54) is 17.8 Å². The maximum atomic E-state index is 11.4. The van der Waals surface area contributed by atoms with Crippen LogP contribution in [-0.2, 0) is 11.3 Å². The summed E-state index contributed by atoms with van der Waals surface area (Å²) in [6, 6.07) is 19.1. The number of thioether (sulfide) groups is 1. The SMILES string of the molecule is Cc1cc(=O)[nH]c(SCCOCCOc2ccccc2OCc2ccccc2)n1. The molecule has 2 aromatic carbocycles. The fraction of sp³-hybridized carbons (Fsp3) is 0.273. The minimum Gasteiger partial charge on any atom is -0.487 e. The van der Waals surface area contributed by atoms with Gasteiger partial charge in [0.1, 0.15) is 13.2 Å². The van der Waals surface area contributed by atoms with Gasteiger partial charge in [0.15, 0.2) is 16.7 Å². The summed E-state index contributed by atoms with van der Waals surface area (Å²) in [7, 11) is 0. The minimum atomic E-state index is -0.137. The van der Waals surface area contributed by atoms with Gasteiger partial charge in [0.05, 0.1) is 13.2 Å². The molecule has 0 spiro atoms. The predicted molar refractivity (Wildman–Crippen MR) is 114 cm³/mol. The fourth-order valence-electron chi connectivity index (χ4n) is 2.55. The summed E-state index contributed by atoms with van der Waals surface area (Å²) in [5, 5.41) is 0.611. The third-order valence-electron chi connectivity index (χ3n) is 3.89. The van der Waals surface area contributed by atoms with E-state index in [1.807, 2.05) is 54.6 Å². The quantitative estimate of drug-likeness (QED) is 0.293. The van der Waals surface area contributed by atoms with E-state index in [9.17, 15) is 4.79 Å². The molecule has 0 radical (unpaired) electrons. The summed E-state index contributed by atoms with van der Waals surface area (Å²) in [6.45, 7) is 3.72. The Morgan fingerprint density at radius 3 is 2.41 bits per heavy atom. The van der Waals surface area contributed by atoms with Crippen molar-refractivity contribution in [1.29, 1.82) is 0 Å². The molecule has 7 heteroatoms. The normalized spacial score (nSPS) is 10.7. The highest BCUT2D eigenvalue weighted by Crippen LogP contribution is 2.27. The third-order valence-corrected chi connectivity index (χ3v) is 4.72. The van der Waals surface area contributed by atoms with Crippen molar-refractivity contribution >= 4 is 11.8 Å². The van der Waals surface area contributed by atoms with Gasteiger partial charge < -0.3 is 19.2 Å². The molecule has 0 aliphatic rings. The third kappa shape index (κ3) is 7.29. The molecular formula is C22H24N2O4S. The first-order valence-electron chi connectivity index (χ1n) is 9.38. The second-order valence-electron chi connectivity index (χ2n) is 6.22. The fourth-order valence-corrected chi connectivity index (χ4v) is 3.33. The predicted octanol–water partition coefficient (Wildman–Crippen LogP) is 3.85. The van der Waals surface area contributed by atoms with Crippen molar-refractivity contribution in [2.75, 3.05) is 25.6 Å². The van der Waals surface area contributed by atoms with Crippen LogP contribution in [0, 0.1) is 6.92 Å². The molecular weight excluding hydrogens is 388 g/mol. The van der Waals surface area contributed by atoms with E-state index in [4.69, 9.17) is 14.2 Å². The van der Waals surface area contributed by atoms with Gasteiger partial charge in [0, 0.05) is 17.5 Å². The number of para-hydroxylation sites is 2. The van der Waals surface area contributed by atoms with E-state index < -0.39 is 0 Å². The van der Waals surface area contributed by atoms with Crippen molar-refractivity contribution in [1.82, 2.24) is 9.97 Å². The maximum Gasteiger partial charge on any atom is 0.251 e. The number of hydrogen-bond acceptors (Lipinski definition) is 6. The highest BCUT2D eigenvalue weighted by Gasteiger charge is 2.05. The zero-order valence-corrected chi connectivity index (χ0v) is 17.1. The number of benzene rings is 2. The molecule has 0 bridgehead atoms. The van der Waals surface area contributed by atoms with Crippen molar-refractivity contribution in [2.24, 2.45) is 0 Å². The van der Waals surface area contributed by atoms with Crippen molar-refractivity contribution in [2.45, 2.75) is 18.7 Å². The highest BCUT2D eigenvalue weighted by molar-refractivity contribution is 7.99. The molecule has 29 heavy (non-hydrogen) atoms. The monoisotopic (exact) mass is 412 g/mol. The first-order chi connectivity index (χ1) is 14.2. The summed E-state index contributed by atoms with van der Waals surface area (Å²) in [5.74, 6) is 2.10. The molecule has 0 atom stereocenters. The lowest BCUT2D eigenvalue weighted by Crippen LogP contribution is -2.11. The number of nitrogens with one attached hydrogen (secondary N) is 1. The summed E-state index contributed by atoms with van der Waals surface area (Å²) >= 11 is 1.46. The molecule has 6 nitrogen and oxygen atoms in total. The van der Waals surface area contributed by atoms with E-state index in [1.54, 1.807) is 6.92 Å². The zero-order chi connectivity index (χ0) is 20.3. The summed E-state index contributed by atoms with van der Waals surface area (Å²) in [6.07, 6.45) is 0. The number of rotatable bonds is 11. The van der Waals surface area contributed by atoms with Crippen molar-refractivity contribution in [3.8, 4) is 11.5 Å². The van der Waals surface area contributed by atoms with Crippen LogP contribution in [-0.4, -0.2) is 35.5 Å².